The Balaban J connectivity index is 9.24. The molecule has 0 aromatic heterocycles. The van der Waals surface area contributed by atoms with Crippen LogP contribution < -0.4 is 0 Å². The van der Waals surface area contributed by atoms with Gasteiger partial charge in [-0.05, 0) is 0 Å². The van der Waals surface area contributed by atoms with E-state index in [1.807, 2.05) is 0 Å². The Bertz CT molecular complexity index is 807. The topological polar surface area (TPSA) is 154 Å². The summed E-state index contributed by atoms with van der Waals surface area (Å²) in [5, 5.41) is 0. The Labute approximate surface area is 126 Å². The molecular weight excluding hydrogens is 590 g/mol. The molecule has 25 heavy (non-hydrogen) atoms. The van der Waals surface area contributed by atoms with Crippen molar-refractivity contribution in [2.45, 2.75) is 11.0 Å². The first-order valence-corrected chi connectivity index (χ1v) is 23.4. The normalized spacial score (nSPS) is 18.6. The van der Waals surface area contributed by atoms with Gasteiger partial charge in [0.15, 0.2) is 0 Å². The van der Waals surface area contributed by atoms with Gasteiger partial charge in [0, 0.05) is 0 Å². The van der Waals surface area contributed by atoms with Crippen LogP contribution in [0.5, 0.6) is 0 Å². The second-order valence-electron chi connectivity index (χ2n) is 4.67. The summed E-state index contributed by atoms with van der Waals surface area (Å²) in [6.45, 7) is 0. The summed E-state index contributed by atoms with van der Waals surface area (Å²) < 4.78 is 113. The number of rotatable bonds is 7. The van der Waals surface area contributed by atoms with Gasteiger partial charge in [0.25, 0.3) is 0 Å². The molecule has 0 saturated carbocycles. The van der Waals surface area contributed by atoms with Crippen LogP contribution in [0.2, 0.25) is 0 Å². The van der Waals surface area contributed by atoms with Crippen LogP contribution in [0, 0.1) is 0 Å². The van der Waals surface area contributed by atoms with Crippen molar-refractivity contribution in [2.24, 2.45) is 0 Å². The summed E-state index contributed by atoms with van der Waals surface area (Å²) >= 11 is 0. The molecule has 0 aliphatic rings. The van der Waals surface area contributed by atoms with E-state index in [1.54, 1.807) is 0 Å². The minimum absolute atomic E-state index is 2.42. The summed E-state index contributed by atoms with van der Waals surface area (Å²) in [4.78, 5) is 56.5. The zero-order valence-corrected chi connectivity index (χ0v) is 15.6. The SMILES string of the molecule is O=[CH][W]([CH]=O)([CH]=O)([CH]=O)([CH]=O)([S](=O)(=O)C(F)(F)F)[S](=O)(=O)C(F)(F)F. The van der Waals surface area contributed by atoms with E-state index >= 15 is 0 Å². The van der Waals surface area contributed by atoms with Gasteiger partial charge in [-0.15, -0.1) is 0 Å². The maximum absolute atomic E-state index is 12.9. The maximum atomic E-state index is 12.9. The van der Waals surface area contributed by atoms with Gasteiger partial charge in [-0.1, -0.05) is 0 Å². The van der Waals surface area contributed by atoms with Gasteiger partial charge in [0.2, 0.25) is 0 Å². The van der Waals surface area contributed by atoms with E-state index < -0.39 is 59.2 Å². The molecule has 0 N–H and O–H groups in total. The first kappa shape index (κ1) is 23.5. The monoisotopic (exact) mass is 595 g/mol. The van der Waals surface area contributed by atoms with Gasteiger partial charge in [0.05, 0.1) is 0 Å². The Kier molecular flexibility index (Phi) is 4.17. The van der Waals surface area contributed by atoms with Crippen LogP contribution in [-0.2, 0) is 48.8 Å². The van der Waals surface area contributed by atoms with E-state index in [-0.39, 0.29) is 0 Å². The average molecular weight is 595 g/mol. The fourth-order valence-corrected chi connectivity index (χ4v) is 42.3. The van der Waals surface area contributed by atoms with Gasteiger partial charge in [0.1, 0.15) is 0 Å². The van der Waals surface area contributed by atoms with Crippen molar-refractivity contribution in [1.29, 1.82) is 0 Å². The number of hydrogen-bond acceptors (Lipinski definition) is 9. The minimum atomic E-state index is -12.2. The molecule has 0 spiro atoms. The Morgan fingerprint density at radius 2 is 0.680 bits per heavy atom. The van der Waals surface area contributed by atoms with Gasteiger partial charge < -0.3 is 0 Å². The number of alkyl halides is 6. The molecule has 0 atom stereocenters. The molecule has 0 heterocycles. The average Bonchev–Trinajstić information content (AvgIpc) is 2.50. The third kappa shape index (κ3) is 1.39. The van der Waals surface area contributed by atoms with Crippen molar-refractivity contribution in [3.63, 3.8) is 0 Å². The fraction of sp³-hybridized carbons (Fsp3) is 0.286. The molecule has 0 aromatic rings. The van der Waals surface area contributed by atoms with Crippen LogP contribution in [0.4, 0.5) is 26.3 Å². The molecule has 0 unspecified atom stereocenters. The van der Waals surface area contributed by atoms with Crippen LogP contribution in [0.25, 0.3) is 0 Å². The molecule has 0 aliphatic heterocycles. The number of carbonyl (C=O) groups is 5. The molecule has 0 saturated heterocycles. The third-order valence-corrected chi connectivity index (χ3v) is 68.8. The third-order valence-electron chi connectivity index (χ3n) is 3.52. The van der Waals surface area contributed by atoms with Crippen molar-refractivity contribution in [1.82, 2.24) is 0 Å². The van der Waals surface area contributed by atoms with Gasteiger partial charge in [-0.3, -0.25) is 0 Å². The van der Waals surface area contributed by atoms with Crippen LogP contribution in [0.15, 0.2) is 0 Å². The Morgan fingerprint density at radius 1 is 0.520 bits per heavy atom. The second-order valence-corrected chi connectivity index (χ2v) is 57.7. The van der Waals surface area contributed by atoms with Crippen LogP contribution in [0.1, 0.15) is 0 Å². The predicted octanol–water partition coefficient (Wildman–Crippen LogP) is -0.602. The molecule has 147 valence electrons. The molecule has 0 amide bonds. The predicted molar refractivity (Wildman–Crippen MR) is 63.7 cm³/mol. The Hall–Kier alpha value is -1.48. The van der Waals surface area contributed by atoms with Crippen molar-refractivity contribution in [3.8, 4) is 0 Å². The molecule has 0 bridgehead atoms. The zero-order valence-electron chi connectivity index (χ0n) is 11.1. The van der Waals surface area contributed by atoms with E-state index in [2.05, 4.69) is 0 Å². The van der Waals surface area contributed by atoms with Gasteiger partial charge in [-0.25, -0.2) is 0 Å². The van der Waals surface area contributed by atoms with Crippen molar-refractivity contribution >= 4 is 38.5 Å². The van der Waals surface area contributed by atoms with Crippen molar-refractivity contribution in [2.75, 3.05) is 0 Å². The van der Waals surface area contributed by atoms with Crippen LogP contribution >= 0.6 is 0 Å². The quantitative estimate of drug-likeness (QED) is 0.277. The summed E-state index contributed by atoms with van der Waals surface area (Å²) in [5.41, 5.74) is -14.6. The van der Waals surface area contributed by atoms with Gasteiger partial charge >= 0.3 is 126 Å². The molecule has 0 rings (SSSR count). The summed E-state index contributed by atoms with van der Waals surface area (Å²) in [6.07, 6.45) is 0. The van der Waals surface area contributed by atoms with E-state index in [4.69, 9.17) is 0 Å². The zero-order chi connectivity index (χ0) is 20.9. The molecule has 18 heteroatoms. The second kappa shape index (κ2) is 4.43. The first-order valence-electron chi connectivity index (χ1n) is 4.90. The number of hydrogen-bond donors (Lipinski definition) is 0. The van der Waals surface area contributed by atoms with E-state index in [0.717, 1.165) is 0 Å². The van der Waals surface area contributed by atoms with E-state index in [1.165, 1.54) is 0 Å². The molecule has 0 fully saturated rings. The standard InChI is InChI=1S/2CF3O2S.5CHO.W/c2*2-1(3,4)7(5)6;5*1-2;/h;;5*1H;. The van der Waals surface area contributed by atoms with Crippen LogP contribution in [-0.4, -0.2) is 51.2 Å². The number of carbonyl (C=O) groups excluding carboxylic acids is 5. The van der Waals surface area contributed by atoms with E-state index in [0.29, 0.717) is 0 Å². The Morgan fingerprint density at radius 3 is 0.760 bits per heavy atom. The van der Waals surface area contributed by atoms with Gasteiger partial charge in [-0.2, -0.15) is 0 Å². The van der Waals surface area contributed by atoms with E-state index in [9.17, 15) is 67.2 Å². The molecule has 9 nitrogen and oxygen atoms in total. The fourth-order valence-electron chi connectivity index (χ4n) is 1.48. The first-order chi connectivity index (χ1) is 10.7. The molecule has 0 aliphatic carbocycles. The number of halogens is 6. The van der Waals surface area contributed by atoms with Crippen molar-refractivity contribution < 1.29 is 76.9 Å². The molecule has 0 aromatic carbocycles. The molecule has 0 radical (unpaired) electrons. The summed E-state index contributed by atoms with van der Waals surface area (Å²) in [7, 11) is -29.3. The summed E-state index contributed by atoms with van der Waals surface area (Å²) in [6, 6.07) is 0. The van der Waals surface area contributed by atoms with Crippen molar-refractivity contribution in [3.05, 3.63) is 0 Å². The molecular formula is C7H5F6O9S2W. The van der Waals surface area contributed by atoms with Crippen LogP contribution in [0.3, 0.4) is 0 Å². The summed E-state index contributed by atoms with van der Waals surface area (Å²) in [5.74, 6) is 0.